The van der Waals surface area contributed by atoms with Crippen LogP contribution in [0, 0.1) is 28.6 Å². The van der Waals surface area contributed by atoms with Crippen LogP contribution in [0.4, 0.5) is 0 Å². The highest BCUT2D eigenvalue weighted by atomic mass is 16.3. The first-order chi connectivity index (χ1) is 8.49. The van der Waals surface area contributed by atoms with Gasteiger partial charge >= 0.3 is 0 Å². The van der Waals surface area contributed by atoms with Crippen molar-refractivity contribution in [3.05, 3.63) is 0 Å². The number of hydrogen-bond donors (Lipinski definition) is 2. The fraction of sp³-hybridized carbons (Fsp3) is 1.00. The van der Waals surface area contributed by atoms with Crippen molar-refractivity contribution in [2.75, 3.05) is 6.61 Å². The molecule has 0 aromatic rings. The second-order valence-corrected chi connectivity index (χ2v) is 8.32. The minimum absolute atomic E-state index is 0.140. The Hall–Kier alpha value is -0.0800. The first kappa shape index (κ1) is 11.7. The van der Waals surface area contributed by atoms with Crippen LogP contribution in [0.3, 0.4) is 0 Å². The van der Waals surface area contributed by atoms with E-state index in [2.05, 4.69) is 6.92 Å². The number of hydrogen-bond acceptors (Lipinski definition) is 2. The highest BCUT2D eigenvalue weighted by molar-refractivity contribution is 5.15. The number of aliphatic hydroxyl groups is 2. The lowest BCUT2D eigenvalue weighted by atomic mass is 9.40. The molecule has 5 fully saturated rings. The third kappa shape index (κ3) is 1.37. The first-order valence-electron chi connectivity index (χ1n) is 7.82. The van der Waals surface area contributed by atoms with Crippen molar-refractivity contribution in [3.8, 4) is 0 Å². The molecule has 0 heterocycles. The smallest absolute Gasteiger partial charge is 0.0704 e. The Morgan fingerprint density at radius 2 is 1.72 bits per heavy atom. The molecule has 2 heteroatoms. The third-order valence-electron chi connectivity index (χ3n) is 6.96. The zero-order chi connectivity index (χ0) is 12.6. The molecule has 18 heavy (non-hydrogen) atoms. The summed E-state index contributed by atoms with van der Waals surface area (Å²) in [4.78, 5) is 0. The molecule has 5 saturated carbocycles. The molecule has 3 atom stereocenters. The van der Waals surface area contributed by atoms with Gasteiger partial charge in [0.05, 0.1) is 5.60 Å². The summed E-state index contributed by atoms with van der Waals surface area (Å²) in [6.07, 6.45) is 9.80. The van der Waals surface area contributed by atoms with E-state index in [-0.39, 0.29) is 10.8 Å². The maximum absolute atomic E-state index is 11.1. The average molecular weight is 250 g/mol. The van der Waals surface area contributed by atoms with Crippen LogP contribution in [0.2, 0.25) is 0 Å². The predicted octanol–water partition coefficient (Wildman–Crippen LogP) is 2.73. The third-order valence-corrected chi connectivity index (χ3v) is 6.96. The summed E-state index contributed by atoms with van der Waals surface area (Å²) in [5.74, 6) is 2.11. The summed E-state index contributed by atoms with van der Waals surface area (Å²) in [5.41, 5.74) is -0.158. The Labute approximate surface area is 110 Å². The Balaban J connectivity index is 1.73. The van der Waals surface area contributed by atoms with E-state index in [1.807, 2.05) is 0 Å². The average Bonchev–Trinajstić information content (AvgIpc) is 3.11. The highest BCUT2D eigenvalue weighted by Gasteiger charge is 2.65. The van der Waals surface area contributed by atoms with Crippen LogP contribution in [0.5, 0.6) is 0 Å². The number of aliphatic hydroxyl groups excluding tert-OH is 1. The van der Waals surface area contributed by atoms with Gasteiger partial charge in [-0.2, -0.15) is 0 Å². The van der Waals surface area contributed by atoms with E-state index in [0.717, 1.165) is 18.3 Å². The van der Waals surface area contributed by atoms with Crippen molar-refractivity contribution in [3.63, 3.8) is 0 Å². The van der Waals surface area contributed by atoms with Crippen LogP contribution in [-0.2, 0) is 0 Å². The van der Waals surface area contributed by atoms with Crippen molar-refractivity contribution < 1.29 is 10.2 Å². The minimum Gasteiger partial charge on any atom is -0.396 e. The van der Waals surface area contributed by atoms with Crippen LogP contribution in [-0.4, -0.2) is 22.4 Å². The predicted molar refractivity (Wildman–Crippen MR) is 70.0 cm³/mol. The van der Waals surface area contributed by atoms with Gasteiger partial charge in [0, 0.05) is 12.0 Å². The van der Waals surface area contributed by atoms with Crippen molar-refractivity contribution in [1.82, 2.24) is 0 Å². The van der Waals surface area contributed by atoms with Gasteiger partial charge in [0.15, 0.2) is 0 Å². The van der Waals surface area contributed by atoms with Crippen LogP contribution in [0.1, 0.15) is 58.3 Å². The molecule has 5 aliphatic carbocycles. The van der Waals surface area contributed by atoms with Crippen LogP contribution in [0.15, 0.2) is 0 Å². The number of rotatable bonds is 3. The van der Waals surface area contributed by atoms with Gasteiger partial charge in [-0.05, 0) is 81.5 Å². The fourth-order valence-corrected chi connectivity index (χ4v) is 6.31. The molecule has 0 amide bonds. The summed E-state index contributed by atoms with van der Waals surface area (Å²) in [6.45, 7) is 2.46. The normalized spacial score (nSPS) is 53.5. The highest BCUT2D eigenvalue weighted by Crippen LogP contribution is 2.70. The molecular formula is C16H26O2. The molecule has 0 aromatic carbocycles. The molecule has 0 aliphatic heterocycles. The molecule has 0 spiro atoms. The van der Waals surface area contributed by atoms with E-state index >= 15 is 0 Å². The van der Waals surface area contributed by atoms with E-state index in [0.29, 0.717) is 12.5 Å². The van der Waals surface area contributed by atoms with Gasteiger partial charge < -0.3 is 10.2 Å². The van der Waals surface area contributed by atoms with Gasteiger partial charge in [0.25, 0.3) is 0 Å². The van der Waals surface area contributed by atoms with Gasteiger partial charge in [-0.1, -0.05) is 0 Å². The standard InChI is InChI=1S/C16H26O2/c1-14(18,13-2-3-13)16-7-11-4-12(8-16)6-15(5-11,9-16)10-17/h11-13,17-18H,2-10H2,1H3. The van der Waals surface area contributed by atoms with Gasteiger partial charge in [0.2, 0.25) is 0 Å². The zero-order valence-electron chi connectivity index (χ0n) is 11.5. The second kappa shape index (κ2) is 3.32. The van der Waals surface area contributed by atoms with Gasteiger partial charge in [-0.3, -0.25) is 0 Å². The van der Waals surface area contributed by atoms with E-state index in [9.17, 15) is 10.2 Å². The second-order valence-electron chi connectivity index (χ2n) is 8.32. The molecule has 2 N–H and O–H groups in total. The lowest BCUT2D eigenvalue weighted by Crippen LogP contribution is -2.62. The molecule has 3 unspecified atom stereocenters. The minimum atomic E-state index is -0.467. The zero-order valence-corrected chi connectivity index (χ0v) is 11.5. The first-order valence-corrected chi connectivity index (χ1v) is 7.82. The van der Waals surface area contributed by atoms with Crippen molar-refractivity contribution in [2.45, 2.75) is 63.9 Å². The van der Waals surface area contributed by atoms with Crippen molar-refractivity contribution in [1.29, 1.82) is 0 Å². The SMILES string of the molecule is CC(O)(C1CC1)C12CC3CC(CC(CO)(C3)C1)C2. The van der Waals surface area contributed by atoms with Crippen LogP contribution in [0.25, 0.3) is 0 Å². The Morgan fingerprint density at radius 3 is 2.22 bits per heavy atom. The van der Waals surface area contributed by atoms with Crippen molar-refractivity contribution >= 4 is 0 Å². The summed E-state index contributed by atoms with van der Waals surface area (Å²) < 4.78 is 0. The monoisotopic (exact) mass is 250 g/mol. The van der Waals surface area contributed by atoms with Gasteiger partial charge in [0.1, 0.15) is 0 Å². The van der Waals surface area contributed by atoms with Crippen LogP contribution >= 0.6 is 0 Å². The molecule has 0 radical (unpaired) electrons. The van der Waals surface area contributed by atoms with E-state index < -0.39 is 5.60 Å². The van der Waals surface area contributed by atoms with E-state index in [1.54, 1.807) is 0 Å². The summed E-state index contributed by atoms with van der Waals surface area (Å²) >= 11 is 0. The Bertz CT molecular complexity index is 355. The summed E-state index contributed by atoms with van der Waals surface area (Å²) in [6, 6.07) is 0. The summed E-state index contributed by atoms with van der Waals surface area (Å²) in [7, 11) is 0. The molecule has 0 aromatic heterocycles. The maximum Gasteiger partial charge on any atom is 0.0704 e. The molecule has 0 saturated heterocycles. The molecule has 102 valence electrons. The fourth-order valence-electron chi connectivity index (χ4n) is 6.31. The lowest BCUT2D eigenvalue weighted by Gasteiger charge is -2.65. The van der Waals surface area contributed by atoms with Crippen molar-refractivity contribution in [2.24, 2.45) is 28.6 Å². The molecule has 5 aliphatic rings. The molecule has 4 bridgehead atoms. The van der Waals surface area contributed by atoms with Crippen LogP contribution < -0.4 is 0 Å². The van der Waals surface area contributed by atoms with E-state index in [1.165, 1.54) is 44.9 Å². The Kier molecular flexibility index (Phi) is 2.16. The lowest BCUT2D eigenvalue weighted by molar-refractivity contribution is -0.214. The van der Waals surface area contributed by atoms with Gasteiger partial charge in [-0.15, -0.1) is 0 Å². The molecule has 5 rings (SSSR count). The Morgan fingerprint density at radius 1 is 1.11 bits per heavy atom. The quantitative estimate of drug-likeness (QED) is 0.808. The molecular weight excluding hydrogens is 224 g/mol. The largest absolute Gasteiger partial charge is 0.396 e. The van der Waals surface area contributed by atoms with E-state index in [4.69, 9.17) is 0 Å². The molecule has 2 nitrogen and oxygen atoms in total. The topological polar surface area (TPSA) is 40.5 Å². The maximum atomic E-state index is 11.1. The van der Waals surface area contributed by atoms with Gasteiger partial charge in [-0.25, -0.2) is 0 Å². The summed E-state index contributed by atoms with van der Waals surface area (Å²) in [5, 5.41) is 21.0.